The Kier molecular flexibility index (Phi) is 4.32. The number of rotatable bonds is 4. The van der Waals surface area contributed by atoms with Crippen molar-refractivity contribution in [2.45, 2.75) is 43.7 Å². The summed E-state index contributed by atoms with van der Waals surface area (Å²) in [7, 11) is -3.91. The molecule has 1 aromatic carbocycles. The number of amides is 1. The predicted molar refractivity (Wildman–Crippen MR) is 80.4 cm³/mol. The maximum atomic E-state index is 12.8. The number of sulfone groups is 1. The molecule has 0 unspecified atom stereocenters. The number of benzene rings is 1. The Balaban J connectivity index is 2.69. The van der Waals surface area contributed by atoms with Crippen LogP contribution >= 0.6 is 0 Å². The van der Waals surface area contributed by atoms with Crippen LogP contribution in [-0.2, 0) is 22.7 Å². The summed E-state index contributed by atoms with van der Waals surface area (Å²) in [5, 5.41) is 3.39. The number of carbonyl (C=O) groups excluding carboxylic acids is 1. The Morgan fingerprint density at radius 2 is 1.95 bits per heavy atom. The molecule has 0 atom stereocenters. The van der Waals surface area contributed by atoms with Gasteiger partial charge in [-0.1, -0.05) is 32.0 Å². The highest BCUT2D eigenvalue weighted by molar-refractivity contribution is 7.91. The van der Waals surface area contributed by atoms with Crippen LogP contribution in [0.1, 0.15) is 30.8 Å². The van der Waals surface area contributed by atoms with Gasteiger partial charge in [0, 0.05) is 6.42 Å². The van der Waals surface area contributed by atoms with Gasteiger partial charge in [-0.05, 0) is 24.5 Å². The van der Waals surface area contributed by atoms with E-state index in [-0.39, 0.29) is 10.7 Å². The van der Waals surface area contributed by atoms with Crippen LogP contribution in [0.4, 0.5) is 4.79 Å². The molecule has 7 nitrogen and oxygen atoms in total. The number of hydrogen-bond acceptors (Lipinski definition) is 5. The molecule has 1 aromatic heterocycles. The van der Waals surface area contributed by atoms with Gasteiger partial charge in [-0.2, -0.15) is 4.68 Å². The lowest BCUT2D eigenvalue weighted by molar-refractivity contribution is 0.246. The summed E-state index contributed by atoms with van der Waals surface area (Å²) in [5.41, 5.74) is 6.50. The van der Waals surface area contributed by atoms with Crippen LogP contribution in [0.25, 0.3) is 0 Å². The standard InChI is InChI=1S/C14H18N4O3S/c1-4-10-8-6-7-9(3)12(10)22(20,21)14-16-11(5-2)18(17-14)13(15)19/h6-8H,4-5H2,1-3H3,(H2,15,19). The molecule has 0 fully saturated rings. The van der Waals surface area contributed by atoms with Crippen LogP contribution in [-0.4, -0.2) is 29.2 Å². The molecule has 1 amide bonds. The minimum atomic E-state index is -3.91. The van der Waals surface area contributed by atoms with Gasteiger partial charge in [-0.25, -0.2) is 18.2 Å². The minimum Gasteiger partial charge on any atom is -0.350 e. The minimum absolute atomic E-state index is 0.196. The van der Waals surface area contributed by atoms with Crippen molar-refractivity contribution < 1.29 is 13.2 Å². The van der Waals surface area contributed by atoms with E-state index in [9.17, 15) is 13.2 Å². The van der Waals surface area contributed by atoms with Crippen LogP contribution in [0.2, 0.25) is 0 Å². The number of aryl methyl sites for hydroxylation is 3. The number of nitrogens with zero attached hydrogens (tertiary/aromatic N) is 3. The van der Waals surface area contributed by atoms with Gasteiger partial charge in [-0.3, -0.25) is 0 Å². The highest BCUT2D eigenvalue weighted by atomic mass is 32.2. The summed E-state index contributed by atoms with van der Waals surface area (Å²) in [6.07, 6.45) is 0.910. The number of hydrogen-bond donors (Lipinski definition) is 1. The van der Waals surface area contributed by atoms with Crippen molar-refractivity contribution in [3.63, 3.8) is 0 Å². The lowest BCUT2D eigenvalue weighted by Crippen LogP contribution is -2.23. The second-order valence-corrected chi connectivity index (χ2v) is 6.61. The maximum Gasteiger partial charge on any atom is 0.341 e. The Morgan fingerprint density at radius 3 is 2.45 bits per heavy atom. The van der Waals surface area contributed by atoms with Gasteiger partial charge >= 0.3 is 6.03 Å². The number of primary amides is 1. The monoisotopic (exact) mass is 322 g/mol. The van der Waals surface area contributed by atoms with Crippen molar-refractivity contribution in [2.75, 3.05) is 0 Å². The molecule has 0 saturated heterocycles. The lowest BCUT2D eigenvalue weighted by Gasteiger charge is -2.09. The van der Waals surface area contributed by atoms with Crippen molar-refractivity contribution in [3.8, 4) is 0 Å². The molecule has 0 saturated carbocycles. The Hall–Kier alpha value is -2.22. The summed E-state index contributed by atoms with van der Waals surface area (Å²) in [6.45, 7) is 5.34. The first kappa shape index (κ1) is 16.2. The summed E-state index contributed by atoms with van der Waals surface area (Å²) < 4.78 is 26.5. The zero-order chi connectivity index (χ0) is 16.5. The smallest absolute Gasteiger partial charge is 0.341 e. The highest BCUT2D eigenvalue weighted by Gasteiger charge is 2.29. The molecule has 0 spiro atoms. The molecule has 2 aromatic rings. The fraction of sp³-hybridized carbons (Fsp3) is 0.357. The molecule has 2 rings (SSSR count). The van der Waals surface area contributed by atoms with E-state index in [4.69, 9.17) is 5.73 Å². The summed E-state index contributed by atoms with van der Waals surface area (Å²) >= 11 is 0. The van der Waals surface area contributed by atoms with Crippen molar-refractivity contribution >= 4 is 15.9 Å². The topological polar surface area (TPSA) is 108 Å². The first-order valence-electron chi connectivity index (χ1n) is 6.92. The summed E-state index contributed by atoms with van der Waals surface area (Å²) in [5.74, 6) is 0.220. The molecule has 118 valence electrons. The predicted octanol–water partition coefficient (Wildman–Crippen LogP) is 1.47. The van der Waals surface area contributed by atoms with Gasteiger partial charge in [0.1, 0.15) is 5.82 Å². The molecular weight excluding hydrogens is 304 g/mol. The highest BCUT2D eigenvalue weighted by Crippen LogP contribution is 2.26. The summed E-state index contributed by atoms with van der Waals surface area (Å²) in [6, 6.07) is 4.43. The number of aromatic nitrogens is 3. The fourth-order valence-corrected chi connectivity index (χ4v) is 3.96. The molecule has 0 aliphatic heterocycles. The number of nitrogens with two attached hydrogens (primary N) is 1. The SMILES string of the molecule is CCc1cccc(C)c1S(=O)(=O)c1nc(CC)n(C(N)=O)n1. The van der Waals surface area contributed by atoms with Crippen LogP contribution in [0.5, 0.6) is 0 Å². The van der Waals surface area contributed by atoms with Gasteiger partial charge in [0.15, 0.2) is 0 Å². The molecule has 0 radical (unpaired) electrons. The van der Waals surface area contributed by atoms with Crippen molar-refractivity contribution in [1.29, 1.82) is 0 Å². The van der Waals surface area contributed by atoms with Crippen molar-refractivity contribution in [3.05, 3.63) is 35.2 Å². The van der Waals surface area contributed by atoms with Crippen LogP contribution < -0.4 is 5.73 Å². The van der Waals surface area contributed by atoms with E-state index in [0.717, 1.165) is 4.68 Å². The third-order valence-electron chi connectivity index (χ3n) is 3.36. The molecule has 1 heterocycles. The summed E-state index contributed by atoms with van der Waals surface area (Å²) in [4.78, 5) is 15.5. The fourth-order valence-electron chi connectivity index (χ4n) is 2.31. The molecule has 22 heavy (non-hydrogen) atoms. The van der Waals surface area contributed by atoms with E-state index in [1.54, 1.807) is 32.0 Å². The first-order chi connectivity index (χ1) is 10.3. The van der Waals surface area contributed by atoms with Crippen molar-refractivity contribution in [2.24, 2.45) is 5.73 Å². The second kappa shape index (κ2) is 5.88. The molecule has 0 aliphatic rings. The second-order valence-electron chi connectivity index (χ2n) is 4.83. The quantitative estimate of drug-likeness (QED) is 0.917. The molecule has 2 N–H and O–H groups in total. The van der Waals surface area contributed by atoms with E-state index in [1.807, 2.05) is 6.92 Å². The van der Waals surface area contributed by atoms with Gasteiger partial charge in [0.05, 0.1) is 4.90 Å². The third kappa shape index (κ3) is 2.61. The first-order valence-corrected chi connectivity index (χ1v) is 8.40. The maximum absolute atomic E-state index is 12.8. The zero-order valence-corrected chi connectivity index (χ0v) is 13.5. The van der Waals surface area contributed by atoms with E-state index in [0.29, 0.717) is 24.0 Å². The van der Waals surface area contributed by atoms with Gasteiger partial charge in [-0.15, -0.1) is 5.10 Å². The molecular formula is C14H18N4O3S. The average molecular weight is 322 g/mol. The molecule has 0 aliphatic carbocycles. The van der Waals surface area contributed by atoms with Crippen LogP contribution in [0, 0.1) is 6.92 Å². The van der Waals surface area contributed by atoms with E-state index < -0.39 is 21.0 Å². The third-order valence-corrected chi connectivity index (χ3v) is 5.14. The van der Waals surface area contributed by atoms with Crippen LogP contribution in [0.15, 0.2) is 28.3 Å². The average Bonchev–Trinajstić information content (AvgIpc) is 2.91. The molecule has 0 bridgehead atoms. The van der Waals surface area contributed by atoms with Gasteiger partial charge in [0.25, 0.3) is 5.16 Å². The number of carbonyl (C=O) groups is 1. The Morgan fingerprint density at radius 1 is 1.27 bits per heavy atom. The Bertz CT molecular complexity index is 825. The molecule has 8 heteroatoms. The largest absolute Gasteiger partial charge is 0.350 e. The van der Waals surface area contributed by atoms with Crippen LogP contribution in [0.3, 0.4) is 0 Å². The normalized spacial score (nSPS) is 11.6. The van der Waals surface area contributed by atoms with E-state index >= 15 is 0 Å². The lowest BCUT2D eigenvalue weighted by atomic mass is 10.1. The van der Waals surface area contributed by atoms with E-state index in [1.165, 1.54) is 0 Å². The van der Waals surface area contributed by atoms with Gasteiger partial charge < -0.3 is 5.73 Å². The van der Waals surface area contributed by atoms with Gasteiger partial charge in [0.2, 0.25) is 9.84 Å². The zero-order valence-electron chi connectivity index (χ0n) is 12.7. The van der Waals surface area contributed by atoms with Crippen molar-refractivity contribution in [1.82, 2.24) is 14.8 Å². The van der Waals surface area contributed by atoms with E-state index in [2.05, 4.69) is 10.1 Å². The Labute approximate surface area is 129 Å².